The minimum absolute atomic E-state index is 0.0602. The third-order valence-corrected chi connectivity index (χ3v) is 4.68. The van der Waals surface area contributed by atoms with E-state index < -0.39 is 0 Å². The first-order valence-electron chi connectivity index (χ1n) is 7.47. The topological polar surface area (TPSA) is 29.3 Å². The lowest BCUT2D eigenvalue weighted by atomic mass is 9.88. The Bertz CT molecular complexity index is 432. The first-order chi connectivity index (χ1) is 9.61. The predicted molar refractivity (Wildman–Crippen MR) is 82.4 cm³/mol. The molecule has 0 aliphatic heterocycles. The molecule has 0 amide bonds. The summed E-state index contributed by atoms with van der Waals surface area (Å²) in [6.07, 6.45) is 6.65. The van der Waals surface area contributed by atoms with Crippen molar-refractivity contribution in [3.63, 3.8) is 0 Å². The van der Waals surface area contributed by atoms with Gasteiger partial charge in [-0.05, 0) is 43.5 Å². The number of benzene rings is 1. The Morgan fingerprint density at radius 1 is 1.35 bits per heavy atom. The molecule has 1 aliphatic carbocycles. The maximum absolute atomic E-state index is 13.2. The van der Waals surface area contributed by atoms with Gasteiger partial charge in [0, 0.05) is 24.2 Å². The number of halogens is 2. The lowest BCUT2D eigenvalue weighted by molar-refractivity contribution is 0.185. The van der Waals surface area contributed by atoms with Crippen molar-refractivity contribution < 1.29 is 4.39 Å². The molecular weight excluding hydrogens is 275 g/mol. The Morgan fingerprint density at radius 2 is 2.05 bits per heavy atom. The van der Waals surface area contributed by atoms with Crippen LogP contribution in [-0.2, 0) is 0 Å². The molecule has 1 unspecified atom stereocenters. The monoisotopic (exact) mass is 298 g/mol. The van der Waals surface area contributed by atoms with E-state index in [9.17, 15) is 4.39 Å². The highest BCUT2D eigenvalue weighted by Crippen LogP contribution is 2.30. The molecule has 112 valence electrons. The van der Waals surface area contributed by atoms with Crippen molar-refractivity contribution in [2.24, 2.45) is 11.7 Å². The summed E-state index contributed by atoms with van der Waals surface area (Å²) >= 11 is 6.17. The van der Waals surface area contributed by atoms with Gasteiger partial charge in [0.1, 0.15) is 5.82 Å². The van der Waals surface area contributed by atoms with Crippen LogP contribution < -0.4 is 5.73 Å². The molecule has 20 heavy (non-hydrogen) atoms. The largest absolute Gasteiger partial charge is 0.329 e. The van der Waals surface area contributed by atoms with Crippen molar-refractivity contribution in [2.45, 2.75) is 38.1 Å². The summed E-state index contributed by atoms with van der Waals surface area (Å²) in [6.45, 7) is 1.53. The van der Waals surface area contributed by atoms with Gasteiger partial charge in [-0.2, -0.15) is 0 Å². The number of likely N-dealkylation sites (N-methyl/N-ethyl adjacent to an activating group) is 1. The number of nitrogens with two attached hydrogens (primary N) is 1. The Labute approximate surface area is 126 Å². The van der Waals surface area contributed by atoms with Gasteiger partial charge in [0.2, 0.25) is 0 Å². The molecular formula is C16H24ClFN2. The number of nitrogens with zero attached hydrogens (tertiary/aromatic N) is 1. The van der Waals surface area contributed by atoms with Crippen LogP contribution in [0.15, 0.2) is 18.2 Å². The van der Waals surface area contributed by atoms with Crippen molar-refractivity contribution in [2.75, 3.05) is 20.1 Å². The minimum atomic E-state index is -0.301. The Hall–Kier alpha value is -0.640. The van der Waals surface area contributed by atoms with E-state index in [1.165, 1.54) is 44.2 Å². The van der Waals surface area contributed by atoms with Crippen LogP contribution in [0.4, 0.5) is 4.39 Å². The fourth-order valence-corrected chi connectivity index (χ4v) is 3.51. The van der Waals surface area contributed by atoms with E-state index >= 15 is 0 Å². The first-order valence-corrected chi connectivity index (χ1v) is 7.85. The zero-order valence-electron chi connectivity index (χ0n) is 12.1. The van der Waals surface area contributed by atoms with E-state index in [0.29, 0.717) is 11.6 Å². The molecule has 2 rings (SSSR count). The summed E-state index contributed by atoms with van der Waals surface area (Å²) in [5.74, 6) is 0.450. The molecule has 1 aromatic carbocycles. The summed E-state index contributed by atoms with van der Waals surface area (Å²) in [5.41, 5.74) is 6.85. The average Bonchev–Trinajstić information content (AvgIpc) is 2.43. The molecule has 0 aromatic heterocycles. The van der Waals surface area contributed by atoms with Gasteiger partial charge in [-0.25, -0.2) is 4.39 Å². The summed E-state index contributed by atoms with van der Waals surface area (Å²) < 4.78 is 13.2. The van der Waals surface area contributed by atoms with E-state index in [1.807, 2.05) is 0 Å². The quantitative estimate of drug-likeness (QED) is 0.890. The highest BCUT2D eigenvalue weighted by molar-refractivity contribution is 6.31. The standard InChI is InChI=1S/C16H24ClFN2/c1-20(11-12-5-3-2-4-6-12)16(10-19)14-8-7-13(18)9-15(14)17/h7-9,12,16H,2-6,10-11,19H2,1H3. The molecule has 1 aromatic rings. The first kappa shape index (κ1) is 15.7. The van der Waals surface area contributed by atoms with Crippen LogP contribution in [0.3, 0.4) is 0 Å². The van der Waals surface area contributed by atoms with Crippen molar-refractivity contribution in [3.05, 3.63) is 34.6 Å². The molecule has 0 spiro atoms. The highest BCUT2D eigenvalue weighted by atomic mass is 35.5. The zero-order chi connectivity index (χ0) is 14.5. The van der Waals surface area contributed by atoms with Gasteiger partial charge in [0.25, 0.3) is 0 Å². The van der Waals surface area contributed by atoms with Crippen molar-refractivity contribution in [1.82, 2.24) is 4.90 Å². The van der Waals surface area contributed by atoms with Crippen LogP contribution in [0.2, 0.25) is 5.02 Å². The van der Waals surface area contributed by atoms with Gasteiger partial charge in [-0.3, -0.25) is 4.90 Å². The van der Waals surface area contributed by atoms with E-state index in [2.05, 4.69) is 11.9 Å². The van der Waals surface area contributed by atoms with E-state index in [4.69, 9.17) is 17.3 Å². The summed E-state index contributed by atoms with van der Waals surface area (Å²) in [7, 11) is 2.09. The Balaban J connectivity index is 2.06. The summed E-state index contributed by atoms with van der Waals surface area (Å²) in [5, 5.41) is 0.468. The van der Waals surface area contributed by atoms with Crippen LogP contribution >= 0.6 is 11.6 Å². The maximum Gasteiger partial charge on any atom is 0.124 e. The third-order valence-electron chi connectivity index (χ3n) is 4.35. The van der Waals surface area contributed by atoms with Crippen LogP contribution in [0.5, 0.6) is 0 Å². The fraction of sp³-hybridized carbons (Fsp3) is 0.625. The van der Waals surface area contributed by atoms with Crippen LogP contribution in [-0.4, -0.2) is 25.0 Å². The number of hydrogen-bond donors (Lipinski definition) is 1. The van der Waals surface area contributed by atoms with Crippen molar-refractivity contribution in [1.29, 1.82) is 0 Å². The molecule has 2 N–H and O–H groups in total. The van der Waals surface area contributed by atoms with Crippen LogP contribution in [0, 0.1) is 11.7 Å². The van der Waals surface area contributed by atoms with Gasteiger partial charge in [-0.15, -0.1) is 0 Å². The molecule has 4 heteroatoms. The van der Waals surface area contributed by atoms with Gasteiger partial charge in [-0.1, -0.05) is 36.9 Å². The van der Waals surface area contributed by atoms with Gasteiger partial charge >= 0.3 is 0 Å². The van der Waals surface area contributed by atoms with E-state index in [-0.39, 0.29) is 11.9 Å². The molecule has 1 saturated carbocycles. The van der Waals surface area contributed by atoms with E-state index in [0.717, 1.165) is 18.0 Å². The summed E-state index contributed by atoms with van der Waals surface area (Å²) in [6, 6.07) is 4.64. The molecule has 0 radical (unpaired) electrons. The Kier molecular flexibility index (Phi) is 5.82. The lowest BCUT2D eigenvalue weighted by Crippen LogP contribution is -2.35. The SMILES string of the molecule is CN(CC1CCCCC1)C(CN)c1ccc(F)cc1Cl. The van der Waals surface area contributed by atoms with Gasteiger partial charge < -0.3 is 5.73 Å². The Morgan fingerprint density at radius 3 is 2.65 bits per heavy atom. The molecule has 0 saturated heterocycles. The molecule has 0 heterocycles. The molecule has 1 fully saturated rings. The van der Waals surface area contributed by atoms with Crippen molar-refractivity contribution in [3.8, 4) is 0 Å². The summed E-state index contributed by atoms with van der Waals surface area (Å²) in [4.78, 5) is 2.27. The predicted octanol–water partition coefficient (Wildman–Crippen LogP) is 3.99. The molecule has 0 bridgehead atoms. The highest BCUT2D eigenvalue weighted by Gasteiger charge is 2.22. The minimum Gasteiger partial charge on any atom is -0.329 e. The zero-order valence-corrected chi connectivity index (χ0v) is 12.9. The maximum atomic E-state index is 13.2. The van der Waals surface area contributed by atoms with Gasteiger partial charge in [0.05, 0.1) is 0 Å². The normalized spacial score (nSPS) is 18.4. The van der Waals surface area contributed by atoms with Crippen molar-refractivity contribution >= 4 is 11.6 Å². The second kappa shape index (κ2) is 7.39. The second-order valence-corrected chi connectivity index (χ2v) is 6.27. The lowest BCUT2D eigenvalue weighted by Gasteiger charge is -2.33. The fourth-order valence-electron chi connectivity index (χ4n) is 3.22. The van der Waals surface area contributed by atoms with Crippen LogP contribution in [0.1, 0.15) is 43.7 Å². The van der Waals surface area contributed by atoms with Crippen LogP contribution in [0.25, 0.3) is 0 Å². The second-order valence-electron chi connectivity index (χ2n) is 5.86. The number of rotatable bonds is 5. The number of hydrogen-bond acceptors (Lipinski definition) is 2. The smallest absolute Gasteiger partial charge is 0.124 e. The molecule has 1 atom stereocenters. The molecule has 1 aliphatic rings. The van der Waals surface area contributed by atoms with Gasteiger partial charge in [0.15, 0.2) is 0 Å². The molecule has 2 nitrogen and oxygen atoms in total. The average molecular weight is 299 g/mol. The van der Waals surface area contributed by atoms with E-state index in [1.54, 1.807) is 6.07 Å². The third kappa shape index (κ3) is 3.94.